The molecule has 0 aromatic heterocycles. The van der Waals surface area contributed by atoms with Crippen molar-refractivity contribution in [2.75, 3.05) is 16.8 Å². The second-order valence-electron chi connectivity index (χ2n) is 24.3. The third kappa shape index (κ3) is 20.1. The quantitative estimate of drug-likeness (QED) is 0.0128. The van der Waals surface area contributed by atoms with Crippen molar-refractivity contribution in [3.63, 3.8) is 0 Å². The van der Waals surface area contributed by atoms with Gasteiger partial charge in [-0.1, -0.05) is 70.5 Å². The lowest BCUT2D eigenvalue weighted by atomic mass is 10.0. The third-order valence-corrected chi connectivity index (χ3v) is 19.5. The maximum absolute atomic E-state index is 12.8. The Morgan fingerprint density at radius 2 is 0.870 bits per heavy atom. The number of aliphatic carboxylic acids is 1. The molecule has 0 radical (unpaired) electrons. The number of nitrogens with one attached hydrogen (secondary N) is 4. The van der Waals surface area contributed by atoms with E-state index >= 15 is 0 Å². The molecule has 12 amide bonds. The molecule has 8 aliphatic rings. The highest BCUT2D eigenvalue weighted by atomic mass is 79.9. The van der Waals surface area contributed by atoms with Crippen LogP contribution in [0.25, 0.3) is 0 Å². The van der Waals surface area contributed by atoms with Crippen molar-refractivity contribution < 1.29 is 77.0 Å². The van der Waals surface area contributed by atoms with Crippen LogP contribution < -0.4 is 27.0 Å². The Balaban J connectivity index is 0.000000161. The number of carboxylic acid groups (broad SMARTS) is 1. The van der Waals surface area contributed by atoms with E-state index in [9.17, 15) is 67.1 Å². The molecule has 8 heterocycles. The van der Waals surface area contributed by atoms with Gasteiger partial charge in [0, 0.05) is 106 Å². The molecular weight excluding hydrogens is 1500 g/mol. The number of anilines is 1. The zero-order chi connectivity index (χ0) is 72.9. The number of nitrogens with zero attached hydrogens (tertiary/aromatic N) is 4. The highest BCUT2D eigenvalue weighted by Gasteiger charge is 2.44. The molecule has 4 fully saturated rings. The van der Waals surface area contributed by atoms with Gasteiger partial charge in [-0.3, -0.25) is 88.4 Å². The molecule has 13 rings (SSSR count). The second-order valence-corrected chi connectivity index (χ2v) is 33.8. The number of esters is 1. The molecule has 4 unspecified atom stereocenters. The van der Waals surface area contributed by atoms with E-state index in [1.54, 1.807) is 65.2 Å². The summed E-state index contributed by atoms with van der Waals surface area (Å²) >= 11 is 8.46. The maximum atomic E-state index is 12.8. The highest BCUT2D eigenvalue weighted by molar-refractivity contribution is 9.09. The van der Waals surface area contributed by atoms with Crippen molar-refractivity contribution in [3.05, 3.63) is 153 Å². The summed E-state index contributed by atoms with van der Waals surface area (Å²) in [6.45, 7) is 6.89. The monoisotopic (exact) mass is 1560 g/mol. The number of thioether (sulfide) groups is 2. The van der Waals surface area contributed by atoms with Crippen LogP contribution in [-0.2, 0) is 84.6 Å². The fourth-order valence-electron chi connectivity index (χ4n) is 11.8. The molecule has 33 heteroatoms. The Morgan fingerprint density at radius 1 is 0.530 bits per heavy atom. The number of nitrogens with two attached hydrogens (primary N) is 1. The maximum Gasteiger partial charge on any atom is 0.643 e. The minimum absolute atomic E-state index is 0.0942. The summed E-state index contributed by atoms with van der Waals surface area (Å²) in [6.07, 6.45) is 2.44. The van der Waals surface area contributed by atoms with Crippen LogP contribution in [-0.4, -0.2) is 160 Å². The Morgan fingerprint density at radius 3 is 1.21 bits per heavy atom. The number of carbonyl (C=O) groups is 14. The lowest BCUT2D eigenvalue weighted by molar-refractivity contribution is -0.151. The number of imide groups is 4. The number of alkyl halides is 1. The third-order valence-electron chi connectivity index (χ3n) is 16.4. The summed E-state index contributed by atoms with van der Waals surface area (Å²) in [6, 6.07) is 29.2. The van der Waals surface area contributed by atoms with Crippen LogP contribution in [0.5, 0.6) is 0 Å². The van der Waals surface area contributed by atoms with E-state index in [1.807, 2.05) is 63.2 Å². The molecule has 100 heavy (non-hydrogen) atoms. The van der Waals surface area contributed by atoms with Gasteiger partial charge in [0.1, 0.15) is 35.1 Å². The number of amides is 12. The Bertz CT molecular complexity index is 3990. The number of piperidine rings is 4. The molecule has 0 bridgehead atoms. The molecule has 5 aromatic rings. The van der Waals surface area contributed by atoms with Gasteiger partial charge >= 0.3 is 23.3 Å². The lowest BCUT2D eigenvalue weighted by Gasteiger charge is -2.29. The van der Waals surface area contributed by atoms with Gasteiger partial charge < -0.3 is 35.2 Å². The zero-order valence-electron chi connectivity index (χ0n) is 54.0. The number of rotatable bonds is 11. The molecule has 25 nitrogen and oxygen atoms in total. The number of ether oxygens (including phenoxy) is 1. The zero-order valence-corrected chi connectivity index (χ0v) is 61.6. The first-order valence-electron chi connectivity index (χ1n) is 31.2. The molecule has 0 spiro atoms. The minimum Gasteiger partial charge on any atom is -0.481 e. The van der Waals surface area contributed by atoms with Crippen LogP contribution in [0.15, 0.2) is 118 Å². The van der Waals surface area contributed by atoms with Crippen LogP contribution in [0.2, 0.25) is 0 Å². The van der Waals surface area contributed by atoms with E-state index < -0.39 is 59.2 Å². The van der Waals surface area contributed by atoms with Gasteiger partial charge in [0.25, 0.3) is 23.6 Å². The number of halogens is 4. The number of benzene rings is 5. The van der Waals surface area contributed by atoms with Crippen LogP contribution in [0.3, 0.4) is 0 Å². The summed E-state index contributed by atoms with van der Waals surface area (Å²) in [7, 11) is 14.8. The van der Waals surface area contributed by atoms with Crippen LogP contribution in [0.4, 0.5) is 5.69 Å². The summed E-state index contributed by atoms with van der Waals surface area (Å²) in [4.78, 5) is 172. The fraction of sp³-hybridized carbons (Fsp3) is 0.343. The van der Waals surface area contributed by atoms with Gasteiger partial charge in [-0.05, 0) is 117 Å². The Hall–Kier alpha value is -7.79. The van der Waals surface area contributed by atoms with Crippen molar-refractivity contribution in [1.82, 2.24) is 40.9 Å². The first kappa shape index (κ1) is 77.9. The number of nitrogen functional groups attached to an aromatic ring is 1. The van der Waals surface area contributed by atoms with Crippen molar-refractivity contribution in [3.8, 4) is 0 Å². The summed E-state index contributed by atoms with van der Waals surface area (Å²) in [5.74, 6) is -3.96. The smallest absolute Gasteiger partial charge is 0.481 e. The normalized spacial score (nSPS) is 19.6. The summed E-state index contributed by atoms with van der Waals surface area (Å²) in [5, 5.41) is 18.2. The van der Waals surface area contributed by atoms with Crippen molar-refractivity contribution in [2.45, 2.75) is 149 Å². The van der Waals surface area contributed by atoms with Gasteiger partial charge in [0.2, 0.25) is 47.3 Å². The van der Waals surface area contributed by atoms with E-state index in [0.717, 1.165) is 54.5 Å². The van der Waals surface area contributed by atoms with Crippen LogP contribution in [0, 0.1) is 0 Å². The Labute approximate surface area is 613 Å². The van der Waals surface area contributed by atoms with Gasteiger partial charge in [-0.2, -0.15) is 0 Å². The van der Waals surface area contributed by atoms with Crippen molar-refractivity contribution in [2.24, 2.45) is 0 Å². The Kier molecular flexibility index (Phi) is 27.4. The van der Waals surface area contributed by atoms with Gasteiger partial charge in [0.05, 0.1) is 5.75 Å². The van der Waals surface area contributed by atoms with E-state index in [2.05, 4.69) is 62.0 Å². The predicted molar refractivity (Wildman–Crippen MR) is 379 cm³/mol. The van der Waals surface area contributed by atoms with E-state index in [-0.39, 0.29) is 108 Å². The van der Waals surface area contributed by atoms with Gasteiger partial charge in [-0.25, -0.2) is 30.1 Å². The summed E-state index contributed by atoms with van der Waals surface area (Å²) in [5.41, 5.74) is 12.9. The molecular formula is C67H68AlBrCl3N9O16S3. The number of carboxylic acids is 1. The number of fused-ring (bicyclic) bond motifs is 4. The van der Waals surface area contributed by atoms with Crippen molar-refractivity contribution in [1.29, 1.82) is 0 Å². The molecule has 8 aliphatic heterocycles. The van der Waals surface area contributed by atoms with E-state index in [1.165, 1.54) is 20.3 Å². The summed E-state index contributed by atoms with van der Waals surface area (Å²) < 4.78 is 4.90. The number of carbonyl (C=O) groups excluding carboxylic acids is 13. The van der Waals surface area contributed by atoms with E-state index in [4.69, 9.17) is 45.7 Å². The fourth-order valence-corrected chi connectivity index (χ4v) is 14.0. The molecule has 5 aromatic carbocycles. The predicted octanol–water partition coefficient (Wildman–Crippen LogP) is 7.54. The average Bonchev–Trinajstić information content (AvgIpc) is 1.65. The second kappa shape index (κ2) is 35.2. The standard InChI is InChI=1S/C20H18N2O3S.C15H14N2O5S.C13H13N3O3.C13H12N2O3S.C6H11BrO2.Al.3ClH/c23-18-10-9-16(19(24)21-18)22-11-15-14(20(22)25)7-4-8-17(15)26-12-13-5-2-1-3-6-13;18-12-5-4-10(14(21)16-12)17-6-9-8(15(17)22)2-1-3-11(9)23-7-13(19)20;14-9-3-1-2-7-8(9)6-16(13(7)19)10-4-5-11(17)15-12(10)18;16-11-5-4-9(12(17)14-11)15-6-8-7(13(15)18)2-1-3-10(8)19;1-6(2,3)9-5(8)4-7;;;;/h1-8,16H,9-12H2,(H,21,23,24);1-3,10H,4-7H2,(H,19,20)(H,16,18,21);1-3,10H,4-6,14H2,(H,15,17,18);1-3,9,19H,4-6H2,(H,14,16,17);4H2,1-3H3;;3*1H/q;;;;;+3;;;/p-3. The van der Waals surface area contributed by atoms with Crippen LogP contribution in [0.1, 0.15) is 141 Å². The molecule has 0 saturated carbocycles. The largest absolute Gasteiger partial charge is 0.643 e. The first-order valence-corrected chi connectivity index (χ1v) is 39.9. The lowest BCUT2D eigenvalue weighted by Crippen LogP contribution is -2.52. The molecule has 4 atom stereocenters. The average molecular weight is 1560 g/mol. The molecule has 7 N–H and O–H groups in total. The van der Waals surface area contributed by atoms with E-state index in [0.29, 0.717) is 73.3 Å². The topological polar surface area (TPSA) is 356 Å². The number of hydrogen-bond donors (Lipinski definition) is 7. The van der Waals surface area contributed by atoms with Gasteiger partial charge in [-0.15, -0.1) is 36.2 Å². The molecule has 4 saturated heterocycles. The van der Waals surface area contributed by atoms with Crippen molar-refractivity contribution >= 4 is 182 Å². The molecule has 0 aliphatic carbocycles. The SMILES string of the molecule is CC(C)(C)OC(=O)CBr.Nc1cccc2c1CN(C1CCC(=O)NC1=O)C2=O.O=C(O)CSc1cccc2c1CN(C1CCC(=O)NC1=O)C2=O.O=C1CCC(N2Cc3c(S)cccc3C2=O)C(=O)N1.O=C1CCC(N2Cc3c(SCc4ccccc4)cccc3C2=O)C(=O)N1.[Cl][Al]([Cl])[Cl]. The first-order chi connectivity index (χ1) is 47.4. The minimum atomic E-state index is -1.72. The van der Waals surface area contributed by atoms with Gasteiger partial charge in [0.15, 0.2) is 0 Å². The molecule has 526 valence electrons. The number of hydrogen-bond acceptors (Lipinski definition) is 19. The highest BCUT2D eigenvalue weighted by Crippen LogP contribution is 2.38. The van der Waals surface area contributed by atoms with Crippen LogP contribution >= 0.6 is 82.2 Å². The number of thiol groups is 1.